The Kier molecular flexibility index (Phi) is 4.03. The lowest BCUT2D eigenvalue weighted by Gasteiger charge is -2.06. The molecule has 0 N–H and O–H groups in total. The highest BCUT2D eigenvalue weighted by Crippen LogP contribution is 2.36. The first kappa shape index (κ1) is 16.8. The SMILES string of the molecule is CCc1ccc(-c2c(C)ccc3c2oc2nc(C(C)C)ccc23)[n+](C)c1. The van der Waals surface area contributed by atoms with Gasteiger partial charge in [0, 0.05) is 28.1 Å². The van der Waals surface area contributed by atoms with Gasteiger partial charge in [0.1, 0.15) is 7.05 Å². The Morgan fingerprint density at radius 2 is 1.81 bits per heavy atom. The summed E-state index contributed by atoms with van der Waals surface area (Å²) in [7, 11) is 2.10. The first-order chi connectivity index (χ1) is 12.5. The van der Waals surface area contributed by atoms with Crippen LogP contribution in [0.15, 0.2) is 47.0 Å². The molecule has 0 spiro atoms. The largest absolute Gasteiger partial charge is 0.437 e. The van der Waals surface area contributed by atoms with E-state index >= 15 is 0 Å². The third-order valence-corrected chi connectivity index (χ3v) is 5.19. The molecule has 0 aliphatic rings. The Morgan fingerprint density at radius 3 is 2.50 bits per heavy atom. The van der Waals surface area contributed by atoms with E-state index in [0.717, 1.165) is 45.4 Å². The molecule has 3 heterocycles. The number of fused-ring (bicyclic) bond motifs is 3. The number of aryl methyl sites for hydroxylation is 3. The second-order valence-corrected chi connectivity index (χ2v) is 7.37. The number of rotatable bonds is 3. The Balaban J connectivity index is 2.03. The molecular formula is C23H25N2O+. The van der Waals surface area contributed by atoms with E-state index in [0.29, 0.717) is 5.92 Å². The topological polar surface area (TPSA) is 29.9 Å². The molecule has 3 nitrogen and oxygen atoms in total. The van der Waals surface area contributed by atoms with Crippen molar-refractivity contribution >= 4 is 22.1 Å². The van der Waals surface area contributed by atoms with Crippen LogP contribution in [-0.2, 0) is 13.5 Å². The van der Waals surface area contributed by atoms with Crippen LogP contribution >= 0.6 is 0 Å². The van der Waals surface area contributed by atoms with Gasteiger partial charge in [-0.1, -0.05) is 32.9 Å². The molecule has 26 heavy (non-hydrogen) atoms. The zero-order valence-corrected chi connectivity index (χ0v) is 16.1. The fraction of sp³-hybridized carbons (Fsp3) is 0.304. The zero-order valence-electron chi connectivity index (χ0n) is 16.1. The minimum Gasteiger partial charge on any atom is -0.437 e. The maximum Gasteiger partial charge on any atom is 0.227 e. The van der Waals surface area contributed by atoms with Gasteiger partial charge in [0.05, 0.1) is 5.56 Å². The molecule has 0 aliphatic heterocycles. The fourth-order valence-electron chi connectivity index (χ4n) is 3.61. The van der Waals surface area contributed by atoms with Crippen LogP contribution in [-0.4, -0.2) is 4.98 Å². The van der Waals surface area contributed by atoms with Crippen LogP contribution in [0.3, 0.4) is 0 Å². The van der Waals surface area contributed by atoms with Gasteiger partial charge in [-0.25, -0.2) is 9.55 Å². The summed E-state index contributed by atoms with van der Waals surface area (Å²) in [4.78, 5) is 4.75. The van der Waals surface area contributed by atoms with Gasteiger partial charge >= 0.3 is 0 Å². The summed E-state index contributed by atoms with van der Waals surface area (Å²) in [5, 5.41) is 2.21. The lowest BCUT2D eigenvalue weighted by atomic mass is 10.00. The predicted molar refractivity (Wildman–Crippen MR) is 106 cm³/mol. The molecule has 0 fully saturated rings. The van der Waals surface area contributed by atoms with Gasteiger partial charge in [0.25, 0.3) is 0 Å². The van der Waals surface area contributed by atoms with E-state index in [-0.39, 0.29) is 0 Å². The molecule has 0 saturated heterocycles. The molecule has 0 bridgehead atoms. The summed E-state index contributed by atoms with van der Waals surface area (Å²) in [5.74, 6) is 0.383. The molecule has 3 aromatic heterocycles. The van der Waals surface area contributed by atoms with Gasteiger partial charge in [0.2, 0.25) is 11.4 Å². The molecule has 3 heteroatoms. The second kappa shape index (κ2) is 6.24. The summed E-state index contributed by atoms with van der Waals surface area (Å²) in [5.41, 5.74) is 7.56. The number of hydrogen-bond donors (Lipinski definition) is 0. The van der Waals surface area contributed by atoms with E-state index in [1.54, 1.807) is 0 Å². The van der Waals surface area contributed by atoms with Crippen LogP contribution in [0.25, 0.3) is 33.3 Å². The quantitative estimate of drug-likeness (QED) is 0.461. The second-order valence-electron chi connectivity index (χ2n) is 7.37. The van der Waals surface area contributed by atoms with E-state index in [1.165, 1.54) is 11.1 Å². The highest BCUT2D eigenvalue weighted by molar-refractivity contribution is 6.08. The number of aromatic nitrogens is 2. The molecule has 0 saturated carbocycles. The molecule has 1 aromatic carbocycles. The monoisotopic (exact) mass is 345 g/mol. The first-order valence-corrected chi connectivity index (χ1v) is 9.31. The van der Waals surface area contributed by atoms with Crippen molar-refractivity contribution in [1.29, 1.82) is 0 Å². The number of pyridine rings is 2. The van der Waals surface area contributed by atoms with Crippen LogP contribution in [0.4, 0.5) is 0 Å². The smallest absolute Gasteiger partial charge is 0.227 e. The van der Waals surface area contributed by atoms with Gasteiger partial charge in [-0.3, -0.25) is 0 Å². The molecule has 132 valence electrons. The van der Waals surface area contributed by atoms with Crippen molar-refractivity contribution in [3.63, 3.8) is 0 Å². The Bertz CT molecular complexity index is 1120. The highest BCUT2D eigenvalue weighted by Gasteiger charge is 2.21. The number of furan rings is 1. The average molecular weight is 345 g/mol. The van der Waals surface area contributed by atoms with E-state index in [4.69, 9.17) is 9.40 Å². The van der Waals surface area contributed by atoms with Crippen molar-refractivity contribution in [2.75, 3.05) is 0 Å². The Labute approximate surface area is 154 Å². The van der Waals surface area contributed by atoms with Crippen molar-refractivity contribution in [2.45, 2.75) is 40.0 Å². The summed E-state index contributed by atoms with van der Waals surface area (Å²) in [6.07, 6.45) is 3.23. The van der Waals surface area contributed by atoms with Crippen LogP contribution in [0.5, 0.6) is 0 Å². The normalized spacial score (nSPS) is 11.8. The number of benzene rings is 1. The molecule has 4 aromatic rings. The van der Waals surface area contributed by atoms with Crippen LogP contribution in [0.1, 0.15) is 43.5 Å². The lowest BCUT2D eigenvalue weighted by Crippen LogP contribution is -2.31. The fourth-order valence-corrected chi connectivity index (χ4v) is 3.61. The van der Waals surface area contributed by atoms with Gasteiger partial charge in [-0.05, 0) is 43.0 Å². The van der Waals surface area contributed by atoms with Gasteiger partial charge < -0.3 is 4.42 Å². The summed E-state index contributed by atoms with van der Waals surface area (Å²) in [6, 6.07) is 13.0. The number of hydrogen-bond acceptors (Lipinski definition) is 2. The summed E-state index contributed by atoms with van der Waals surface area (Å²) in [6.45, 7) is 8.63. The highest BCUT2D eigenvalue weighted by atomic mass is 16.3. The molecule has 0 amide bonds. The molecule has 0 aliphatic carbocycles. The van der Waals surface area contributed by atoms with E-state index in [9.17, 15) is 0 Å². The van der Waals surface area contributed by atoms with E-state index < -0.39 is 0 Å². The minimum absolute atomic E-state index is 0.383. The number of nitrogens with zero attached hydrogens (tertiary/aromatic N) is 2. The summed E-state index contributed by atoms with van der Waals surface area (Å²) >= 11 is 0. The summed E-state index contributed by atoms with van der Waals surface area (Å²) < 4.78 is 8.49. The molecular weight excluding hydrogens is 320 g/mol. The molecule has 0 radical (unpaired) electrons. The average Bonchev–Trinajstić information content (AvgIpc) is 2.99. The molecule has 0 unspecified atom stereocenters. The molecule has 0 atom stereocenters. The zero-order chi connectivity index (χ0) is 18.4. The Morgan fingerprint density at radius 1 is 1.04 bits per heavy atom. The van der Waals surface area contributed by atoms with Crippen molar-refractivity contribution in [3.8, 4) is 11.3 Å². The lowest BCUT2D eigenvalue weighted by molar-refractivity contribution is -0.660. The maximum atomic E-state index is 6.30. The minimum atomic E-state index is 0.383. The Hall–Kier alpha value is -2.68. The third kappa shape index (κ3) is 2.59. The maximum absolute atomic E-state index is 6.30. The van der Waals surface area contributed by atoms with Crippen LogP contribution < -0.4 is 4.57 Å². The van der Waals surface area contributed by atoms with Crippen molar-refractivity contribution < 1.29 is 8.98 Å². The van der Waals surface area contributed by atoms with Crippen molar-refractivity contribution in [3.05, 3.63) is 59.4 Å². The molecule has 4 rings (SSSR count). The van der Waals surface area contributed by atoms with Crippen molar-refractivity contribution in [1.82, 2.24) is 4.98 Å². The predicted octanol–water partition coefficient (Wildman–Crippen LogP) is 5.47. The van der Waals surface area contributed by atoms with E-state index in [2.05, 4.69) is 81.9 Å². The van der Waals surface area contributed by atoms with Gasteiger partial charge in [-0.15, -0.1) is 0 Å². The first-order valence-electron chi connectivity index (χ1n) is 9.31. The standard InChI is InChI=1S/C23H25N2O/c1-6-16-8-12-20(25(5)13-16)21-15(4)7-9-17-18-10-11-19(14(2)3)24-23(18)26-22(17)21/h7-14H,6H2,1-5H3/q+1. The third-order valence-electron chi connectivity index (χ3n) is 5.19. The van der Waals surface area contributed by atoms with E-state index in [1.807, 2.05) is 0 Å². The van der Waals surface area contributed by atoms with Crippen LogP contribution in [0.2, 0.25) is 0 Å². The van der Waals surface area contributed by atoms with Gasteiger partial charge in [-0.2, -0.15) is 0 Å². The van der Waals surface area contributed by atoms with Crippen LogP contribution in [0, 0.1) is 6.92 Å². The van der Waals surface area contributed by atoms with Gasteiger partial charge in [0.15, 0.2) is 11.8 Å². The van der Waals surface area contributed by atoms with Crippen molar-refractivity contribution in [2.24, 2.45) is 7.05 Å².